The van der Waals surface area contributed by atoms with E-state index in [1.165, 1.54) is 12.1 Å². The zero-order valence-electron chi connectivity index (χ0n) is 10.4. The lowest BCUT2D eigenvalue weighted by Gasteiger charge is -2.07. The van der Waals surface area contributed by atoms with E-state index in [0.717, 1.165) is 5.56 Å². The van der Waals surface area contributed by atoms with Crippen molar-refractivity contribution in [3.63, 3.8) is 0 Å². The molecule has 1 heterocycles. The molecule has 5 nitrogen and oxygen atoms in total. The molecule has 1 aromatic carbocycles. The molecule has 0 spiro atoms. The predicted octanol–water partition coefficient (Wildman–Crippen LogP) is 2.76. The maximum absolute atomic E-state index is 10.9. The van der Waals surface area contributed by atoms with Gasteiger partial charge >= 0.3 is 5.97 Å². The van der Waals surface area contributed by atoms with E-state index in [0.29, 0.717) is 12.2 Å². The van der Waals surface area contributed by atoms with Gasteiger partial charge in [0.2, 0.25) is 5.88 Å². The van der Waals surface area contributed by atoms with Gasteiger partial charge in [0.25, 0.3) is 0 Å². The molecule has 0 bridgehead atoms. The predicted molar refractivity (Wildman–Crippen MR) is 73.5 cm³/mol. The topological polar surface area (TPSA) is 79.7 Å². The molecule has 0 unspecified atom stereocenters. The summed E-state index contributed by atoms with van der Waals surface area (Å²) in [6.45, 7) is 0.0842. The van der Waals surface area contributed by atoms with E-state index < -0.39 is 5.97 Å². The molecule has 1 aromatic heterocycles. The van der Waals surface area contributed by atoms with Gasteiger partial charge in [0, 0.05) is 12.7 Å². The van der Waals surface area contributed by atoms with Gasteiger partial charge in [0.15, 0.2) is 5.69 Å². The summed E-state index contributed by atoms with van der Waals surface area (Å²) in [6, 6.07) is 10.0. The van der Waals surface area contributed by atoms with Gasteiger partial charge in [-0.15, -0.1) is 0 Å². The number of rotatable bonds is 5. The molecule has 0 saturated carbocycles. The second kappa shape index (κ2) is 6.36. The standard InChI is InChI=1S/C14H12ClNO4/c15-11-5-6-12(16-13(11)14(18)19)20-10-3-1-9(2-4-10)7-8-17/h1-6,17H,7-8H2,(H,18,19). The quantitative estimate of drug-likeness (QED) is 0.886. The van der Waals surface area contributed by atoms with E-state index >= 15 is 0 Å². The van der Waals surface area contributed by atoms with Crippen molar-refractivity contribution in [3.05, 3.63) is 52.7 Å². The van der Waals surface area contributed by atoms with Crippen molar-refractivity contribution in [1.29, 1.82) is 0 Å². The number of ether oxygens (including phenoxy) is 1. The highest BCUT2D eigenvalue weighted by Gasteiger charge is 2.12. The number of carbonyl (C=O) groups is 1. The molecule has 104 valence electrons. The molecule has 0 amide bonds. The minimum absolute atomic E-state index is 0.0585. The number of aromatic nitrogens is 1. The normalized spacial score (nSPS) is 10.3. The molecule has 0 aliphatic rings. The van der Waals surface area contributed by atoms with E-state index in [-0.39, 0.29) is 23.2 Å². The average Bonchev–Trinajstić information content (AvgIpc) is 2.43. The van der Waals surface area contributed by atoms with Crippen LogP contribution in [-0.2, 0) is 6.42 Å². The molecule has 6 heteroatoms. The smallest absolute Gasteiger partial charge is 0.356 e. The minimum Gasteiger partial charge on any atom is -0.476 e. The fraction of sp³-hybridized carbons (Fsp3) is 0.143. The summed E-state index contributed by atoms with van der Waals surface area (Å²) in [5.41, 5.74) is 0.733. The minimum atomic E-state index is -1.21. The number of aliphatic hydroxyl groups is 1. The number of hydrogen-bond donors (Lipinski definition) is 2. The number of carboxylic acids is 1. The van der Waals surface area contributed by atoms with Crippen molar-refractivity contribution in [2.24, 2.45) is 0 Å². The summed E-state index contributed by atoms with van der Waals surface area (Å²) in [6.07, 6.45) is 0.572. The number of nitrogens with zero attached hydrogens (tertiary/aromatic N) is 1. The molecule has 0 aliphatic carbocycles. The van der Waals surface area contributed by atoms with Gasteiger partial charge in [-0.2, -0.15) is 0 Å². The van der Waals surface area contributed by atoms with Gasteiger partial charge in [-0.3, -0.25) is 0 Å². The zero-order chi connectivity index (χ0) is 14.5. The SMILES string of the molecule is O=C(O)c1nc(Oc2ccc(CCO)cc2)ccc1Cl. The lowest BCUT2D eigenvalue weighted by atomic mass is 10.1. The Hall–Kier alpha value is -2.11. The number of pyridine rings is 1. The van der Waals surface area contributed by atoms with Crippen LogP contribution in [0.2, 0.25) is 5.02 Å². The van der Waals surface area contributed by atoms with Crippen LogP contribution in [0.1, 0.15) is 16.1 Å². The fourth-order valence-corrected chi connectivity index (χ4v) is 1.79. The molecule has 0 radical (unpaired) electrons. The number of carboxylic acid groups (broad SMARTS) is 1. The maximum atomic E-state index is 10.9. The Morgan fingerprint density at radius 3 is 2.50 bits per heavy atom. The number of hydrogen-bond acceptors (Lipinski definition) is 4. The number of aliphatic hydroxyl groups excluding tert-OH is 1. The monoisotopic (exact) mass is 293 g/mol. The first-order valence-electron chi connectivity index (χ1n) is 5.87. The van der Waals surface area contributed by atoms with E-state index in [9.17, 15) is 4.79 Å². The average molecular weight is 294 g/mol. The molecule has 0 aliphatic heterocycles. The van der Waals surface area contributed by atoms with Crippen molar-refractivity contribution < 1.29 is 19.7 Å². The van der Waals surface area contributed by atoms with Gasteiger partial charge in [0.1, 0.15) is 5.75 Å². The molecular weight excluding hydrogens is 282 g/mol. The summed E-state index contributed by atoms with van der Waals surface area (Å²) < 4.78 is 5.46. The first kappa shape index (κ1) is 14.3. The summed E-state index contributed by atoms with van der Waals surface area (Å²) >= 11 is 5.73. The van der Waals surface area contributed by atoms with E-state index in [1.54, 1.807) is 12.1 Å². The molecule has 20 heavy (non-hydrogen) atoms. The first-order valence-corrected chi connectivity index (χ1v) is 6.25. The zero-order valence-corrected chi connectivity index (χ0v) is 11.2. The van der Waals surface area contributed by atoms with Gasteiger partial charge in [0.05, 0.1) is 5.02 Å². The van der Waals surface area contributed by atoms with E-state index in [2.05, 4.69) is 4.98 Å². The van der Waals surface area contributed by atoms with Crippen LogP contribution in [0.5, 0.6) is 11.6 Å². The van der Waals surface area contributed by atoms with Crippen LogP contribution in [0.3, 0.4) is 0 Å². The second-order valence-corrected chi connectivity index (χ2v) is 4.41. The highest BCUT2D eigenvalue weighted by molar-refractivity contribution is 6.33. The van der Waals surface area contributed by atoms with Crippen molar-refractivity contribution in [3.8, 4) is 11.6 Å². The summed E-state index contributed by atoms with van der Waals surface area (Å²) in [5.74, 6) is -0.529. The van der Waals surface area contributed by atoms with Crippen molar-refractivity contribution in [2.75, 3.05) is 6.61 Å². The lowest BCUT2D eigenvalue weighted by molar-refractivity contribution is 0.0690. The molecule has 0 atom stereocenters. The van der Waals surface area contributed by atoms with Gasteiger partial charge < -0.3 is 14.9 Å². The number of benzene rings is 1. The van der Waals surface area contributed by atoms with Gasteiger partial charge in [-0.25, -0.2) is 9.78 Å². The highest BCUT2D eigenvalue weighted by atomic mass is 35.5. The van der Waals surface area contributed by atoms with Crippen molar-refractivity contribution in [2.45, 2.75) is 6.42 Å². The van der Waals surface area contributed by atoms with E-state index in [1.807, 2.05) is 12.1 Å². The van der Waals surface area contributed by atoms with Gasteiger partial charge in [-0.1, -0.05) is 23.7 Å². The van der Waals surface area contributed by atoms with Crippen molar-refractivity contribution in [1.82, 2.24) is 4.98 Å². The third-order valence-corrected chi connectivity index (χ3v) is 2.87. The third-order valence-electron chi connectivity index (χ3n) is 2.57. The Labute approximate surface area is 120 Å². The second-order valence-electron chi connectivity index (χ2n) is 4.00. The summed E-state index contributed by atoms with van der Waals surface area (Å²) in [5, 5.41) is 17.8. The summed E-state index contributed by atoms with van der Waals surface area (Å²) in [4.78, 5) is 14.7. The Bertz CT molecular complexity index is 613. The number of halogens is 1. The molecule has 2 N–H and O–H groups in total. The largest absolute Gasteiger partial charge is 0.476 e. The van der Waals surface area contributed by atoms with Crippen LogP contribution in [0, 0.1) is 0 Å². The number of aromatic carboxylic acids is 1. The molecule has 2 rings (SSSR count). The Morgan fingerprint density at radius 1 is 1.20 bits per heavy atom. The van der Waals surface area contributed by atoms with Crippen LogP contribution in [-0.4, -0.2) is 27.8 Å². The Balaban J connectivity index is 2.17. The molecular formula is C14H12ClNO4. The van der Waals surface area contributed by atoms with Crippen LogP contribution in [0.15, 0.2) is 36.4 Å². The summed E-state index contributed by atoms with van der Waals surface area (Å²) in [7, 11) is 0. The Kier molecular flexibility index (Phi) is 4.55. The van der Waals surface area contributed by atoms with Gasteiger partial charge in [-0.05, 0) is 30.2 Å². The van der Waals surface area contributed by atoms with Crippen molar-refractivity contribution >= 4 is 17.6 Å². The fourth-order valence-electron chi connectivity index (χ4n) is 1.61. The Morgan fingerprint density at radius 2 is 1.90 bits per heavy atom. The first-order chi connectivity index (χ1) is 9.60. The molecule has 0 fully saturated rings. The van der Waals surface area contributed by atoms with E-state index in [4.69, 9.17) is 26.6 Å². The van der Waals surface area contributed by atoms with Crippen LogP contribution < -0.4 is 4.74 Å². The van der Waals surface area contributed by atoms with Crippen LogP contribution >= 0.6 is 11.6 Å². The highest BCUT2D eigenvalue weighted by Crippen LogP contribution is 2.23. The van der Waals surface area contributed by atoms with Crippen LogP contribution in [0.4, 0.5) is 0 Å². The lowest BCUT2D eigenvalue weighted by Crippen LogP contribution is -2.02. The third kappa shape index (κ3) is 3.46. The molecule has 0 saturated heterocycles. The molecule has 2 aromatic rings. The maximum Gasteiger partial charge on any atom is 0.356 e. The van der Waals surface area contributed by atoms with Crippen LogP contribution in [0.25, 0.3) is 0 Å².